The first kappa shape index (κ1) is 21.4. The maximum absolute atomic E-state index is 14.7. The van der Waals surface area contributed by atoms with Gasteiger partial charge in [-0.2, -0.15) is 5.10 Å². The first-order valence-electron chi connectivity index (χ1n) is 11.0. The van der Waals surface area contributed by atoms with Crippen LogP contribution in [0.4, 0.5) is 4.39 Å². The Bertz CT molecular complexity index is 1540. The third-order valence-corrected chi connectivity index (χ3v) is 6.28. The molecular formula is C23H19ClFN9O. The Morgan fingerprint density at radius 3 is 2.86 bits per heavy atom. The standard InChI is InChI=1S/C23H19ClFN9O/c24-19-4-5-20(34-13-27-30-31-34)18(22(19)25)8-26-23(35)16-7-28-33(10-16)12-17-11-32-9-15(14-1-2-14)3-6-21(32)29-17/h3-7,9-11,13-14H,1-2,8,12H2,(H,26,35). The Balaban J connectivity index is 1.15. The number of halogens is 2. The fraction of sp³-hybridized carbons (Fsp3) is 0.217. The third-order valence-electron chi connectivity index (χ3n) is 5.98. The van der Waals surface area contributed by atoms with Crippen LogP contribution in [0.3, 0.4) is 0 Å². The summed E-state index contributed by atoms with van der Waals surface area (Å²) in [5.74, 6) is -0.378. The lowest BCUT2D eigenvalue weighted by molar-refractivity contribution is 0.0950. The number of pyridine rings is 1. The number of carbonyl (C=O) groups excluding carboxylic acids is 1. The molecule has 0 bridgehead atoms. The lowest BCUT2D eigenvalue weighted by Crippen LogP contribution is -2.24. The zero-order chi connectivity index (χ0) is 23.9. The Kier molecular flexibility index (Phi) is 5.25. The molecule has 1 saturated carbocycles. The summed E-state index contributed by atoms with van der Waals surface area (Å²) >= 11 is 5.95. The first-order valence-corrected chi connectivity index (χ1v) is 11.4. The molecule has 4 heterocycles. The van der Waals surface area contributed by atoms with Gasteiger partial charge in [-0.25, -0.2) is 14.1 Å². The van der Waals surface area contributed by atoms with Crippen molar-refractivity contribution in [2.75, 3.05) is 0 Å². The van der Waals surface area contributed by atoms with Gasteiger partial charge in [-0.1, -0.05) is 17.7 Å². The van der Waals surface area contributed by atoms with Crippen molar-refractivity contribution in [3.8, 4) is 5.69 Å². The number of carbonyl (C=O) groups is 1. The van der Waals surface area contributed by atoms with Crippen LogP contribution in [-0.2, 0) is 13.1 Å². The highest BCUT2D eigenvalue weighted by Gasteiger charge is 2.24. The molecule has 5 aromatic rings. The van der Waals surface area contributed by atoms with E-state index in [4.69, 9.17) is 11.6 Å². The number of fused-ring (bicyclic) bond motifs is 1. The minimum absolute atomic E-state index is 0.0596. The molecule has 0 saturated heterocycles. The number of rotatable bonds is 7. The lowest BCUT2D eigenvalue weighted by atomic mass is 10.1. The van der Waals surface area contributed by atoms with Crippen molar-refractivity contribution in [1.29, 1.82) is 0 Å². The van der Waals surface area contributed by atoms with Crippen LogP contribution < -0.4 is 5.32 Å². The van der Waals surface area contributed by atoms with Gasteiger partial charge in [-0.15, -0.1) is 5.10 Å². The maximum Gasteiger partial charge on any atom is 0.254 e. The Morgan fingerprint density at radius 1 is 1.17 bits per heavy atom. The van der Waals surface area contributed by atoms with E-state index in [1.165, 1.54) is 41.7 Å². The van der Waals surface area contributed by atoms with Gasteiger partial charge in [0, 0.05) is 30.7 Å². The number of imidazole rings is 1. The van der Waals surface area contributed by atoms with Crippen LogP contribution in [0.5, 0.6) is 0 Å². The smallest absolute Gasteiger partial charge is 0.254 e. The van der Waals surface area contributed by atoms with Gasteiger partial charge in [0.25, 0.3) is 5.91 Å². The molecule has 1 aromatic carbocycles. The second-order valence-corrected chi connectivity index (χ2v) is 8.86. The summed E-state index contributed by atoms with van der Waals surface area (Å²) in [7, 11) is 0. The molecule has 176 valence electrons. The first-order chi connectivity index (χ1) is 17.0. The quantitative estimate of drug-likeness (QED) is 0.374. The normalized spacial score (nSPS) is 13.4. The fourth-order valence-electron chi connectivity index (χ4n) is 4.04. The van der Waals surface area contributed by atoms with Gasteiger partial charge in [-0.3, -0.25) is 9.48 Å². The molecule has 1 amide bonds. The van der Waals surface area contributed by atoms with Crippen LogP contribution in [0, 0.1) is 5.82 Å². The molecule has 10 nitrogen and oxygen atoms in total. The van der Waals surface area contributed by atoms with Gasteiger partial charge in [-0.05, 0) is 52.9 Å². The molecule has 35 heavy (non-hydrogen) atoms. The van der Waals surface area contributed by atoms with Crippen molar-refractivity contribution in [2.45, 2.75) is 31.8 Å². The second kappa shape index (κ2) is 8.58. The molecule has 1 fully saturated rings. The molecule has 1 N–H and O–H groups in total. The minimum Gasteiger partial charge on any atom is -0.348 e. The summed E-state index contributed by atoms with van der Waals surface area (Å²) < 4.78 is 19.7. The van der Waals surface area contributed by atoms with E-state index in [1.807, 2.05) is 16.7 Å². The van der Waals surface area contributed by atoms with Crippen molar-refractivity contribution in [2.24, 2.45) is 0 Å². The number of benzene rings is 1. The molecule has 0 spiro atoms. The van der Waals surface area contributed by atoms with Gasteiger partial charge >= 0.3 is 0 Å². The average Bonchev–Trinajstić information content (AvgIpc) is 3.23. The lowest BCUT2D eigenvalue weighted by Gasteiger charge is -2.11. The van der Waals surface area contributed by atoms with Crippen molar-refractivity contribution >= 4 is 23.2 Å². The van der Waals surface area contributed by atoms with E-state index in [-0.39, 0.29) is 17.1 Å². The Morgan fingerprint density at radius 2 is 2.06 bits per heavy atom. The molecule has 1 aliphatic carbocycles. The number of aromatic nitrogens is 8. The second-order valence-electron chi connectivity index (χ2n) is 8.46. The molecule has 0 unspecified atom stereocenters. The van der Waals surface area contributed by atoms with Crippen molar-refractivity contribution in [3.63, 3.8) is 0 Å². The summed E-state index contributed by atoms with van der Waals surface area (Å²) in [6.45, 7) is 0.307. The highest BCUT2D eigenvalue weighted by Crippen LogP contribution is 2.39. The van der Waals surface area contributed by atoms with Gasteiger partial charge in [0.05, 0.1) is 34.7 Å². The molecule has 6 rings (SSSR count). The number of hydrogen-bond donors (Lipinski definition) is 1. The number of tetrazole rings is 1. The molecule has 1 aliphatic rings. The van der Waals surface area contributed by atoms with Gasteiger partial charge in [0.15, 0.2) is 0 Å². The van der Waals surface area contributed by atoms with Crippen LogP contribution in [0.25, 0.3) is 11.3 Å². The zero-order valence-electron chi connectivity index (χ0n) is 18.3. The molecular weight excluding hydrogens is 473 g/mol. The summed E-state index contributed by atoms with van der Waals surface area (Å²) in [5.41, 5.74) is 3.93. The monoisotopic (exact) mass is 491 g/mol. The average molecular weight is 492 g/mol. The van der Waals surface area contributed by atoms with Crippen LogP contribution in [-0.4, -0.2) is 45.3 Å². The van der Waals surface area contributed by atoms with E-state index in [0.29, 0.717) is 23.7 Å². The van der Waals surface area contributed by atoms with Gasteiger partial charge < -0.3 is 9.72 Å². The summed E-state index contributed by atoms with van der Waals surface area (Å²) in [6, 6.07) is 7.16. The SMILES string of the molecule is O=C(NCc1c(-n2cnnn2)ccc(Cl)c1F)c1cnn(Cc2cn3cc(C4CC4)ccc3n2)c1. The van der Waals surface area contributed by atoms with Crippen LogP contribution in [0.15, 0.2) is 55.4 Å². The number of nitrogens with zero attached hydrogens (tertiary/aromatic N) is 8. The van der Waals surface area contributed by atoms with Crippen LogP contribution >= 0.6 is 11.6 Å². The van der Waals surface area contributed by atoms with E-state index in [2.05, 4.69) is 43.2 Å². The summed E-state index contributed by atoms with van der Waals surface area (Å²) in [6.07, 6.45) is 11.0. The number of nitrogens with one attached hydrogen (secondary N) is 1. The molecule has 0 atom stereocenters. The van der Waals surface area contributed by atoms with Gasteiger partial charge in [0.2, 0.25) is 0 Å². The number of hydrogen-bond acceptors (Lipinski definition) is 6. The molecule has 12 heteroatoms. The maximum atomic E-state index is 14.7. The van der Waals surface area contributed by atoms with Crippen LogP contribution in [0.1, 0.15) is 45.9 Å². The molecule has 0 radical (unpaired) electrons. The van der Waals surface area contributed by atoms with Crippen molar-refractivity contribution in [1.82, 2.24) is 44.7 Å². The Labute approximate surface area is 203 Å². The van der Waals surface area contributed by atoms with Crippen molar-refractivity contribution < 1.29 is 9.18 Å². The van der Waals surface area contributed by atoms with E-state index in [0.717, 1.165) is 11.3 Å². The summed E-state index contributed by atoms with van der Waals surface area (Å²) in [4.78, 5) is 17.4. The van der Waals surface area contributed by atoms with Gasteiger partial charge in [0.1, 0.15) is 17.8 Å². The predicted molar refractivity (Wildman–Crippen MR) is 124 cm³/mol. The number of amides is 1. The highest BCUT2D eigenvalue weighted by atomic mass is 35.5. The zero-order valence-corrected chi connectivity index (χ0v) is 19.1. The molecule has 4 aromatic heterocycles. The fourth-order valence-corrected chi connectivity index (χ4v) is 4.21. The van der Waals surface area contributed by atoms with E-state index in [9.17, 15) is 9.18 Å². The summed E-state index contributed by atoms with van der Waals surface area (Å²) in [5, 5.41) is 17.9. The van der Waals surface area contributed by atoms with Crippen LogP contribution in [0.2, 0.25) is 5.02 Å². The largest absolute Gasteiger partial charge is 0.348 e. The topological polar surface area (TPSA) is 108 Å². The Hall–Kier alpha value is -4.12. The van der Waals surface area contributed by atoms with E-state index >= 15 is 0 Å². The van der Waals surface area contributed by atoms with E-state index in [1.54, 1.807) is 16.9 Å². The third kappa shape index (κ3) is 4.26. The minimum atomic E-state index is -0.646. The molecule has 0 aliphatic heterocycles. The van der Waals surface area contributed by atoms with Crippen molar-refractivity contribution in [3.05, 3.63) is 88.6 Å². The highest BCUT2D eigenvalue weighted by molar-refractivity contribution is 6.30. The predicted octanol–water partition coefficient (Wildman–Crippen LogP) is 3.15. The van der Waals surface area contributed by atoms with E-state index < -0.39 is 11.7 Å².